The van der Waals surface area contributed by atoms with Crippen molar-refractivity contribution < 1.29 is 9.59 Å². The van der Waals surface area contributed by atoms with E-state index in [2.05, 4.69) is 0 Å². The molecule has 0 spiro atoms. The molecule has 1 aliphatic rings. The van der Waals surface area contributed by atoms with Gasteiger partial charge in [-0.3, -0.25) is 9.59 Å². The second-order valence-corrected chi connectivity index (χ2v) is 5.69. The summed E-state index contributed by atoms with van der Waals surface area (Å²) in [5.74, 6) is 0.178. The quantitative estimate of drug-likeness (QED) is 0.775. The molecule has 2 rings (SSSR count). The van der Waals surface area contributed by atoms with Crippen LogP contribution >= 0.6 is 22.9 Å². The molecule has 1 aliphatic heterocycles. The minimum absolute atomic E-state index is 0.0174. The first-order valence-corrected chi connectivity index (χ1v) is 6.34. The molecule has 1 unspecified atom stereocenters. The molecule has 0 aromatic carbocycles. The average Bonchev–Trinajstić information content (AvgIpc) is 2.68. The molecule has 0 radical (unpaired) electrons. The molecular formula is C11H12ClNO2S. The Morgan fingerprint density at radius 2 is 2.31 bits per heavy atom. The van der Waals surface area contributed by atoms with Crippen molar-refractivity contribution >= 4 is 34.6 Å². The number of hydrogen-bond acceptors (Lipinski definition) is 3. The summed E-state index contributed by atoms with van der Waals surface area (Å²) in [6.07, 6.45) is 0.464. The summed E-state index contributed by atoms with van der Waals surface area (Å²) in [4.78, 5) is 25.8. The largest absolute Gasteiger partial charge is 0.337 e. The third-order valence-corrected chi connectivity index (χ3v) is 3.96. The Morgan fingerprint density at radius 3 is 2.88 bits per heavy atom. The molecular weight excluding hydrogens is 246 g/mol. The number of thiophene rings is 1. The average molecular weight is 258 g/mol. The summed E-state index contributed by atoms with van der Waals surface area (Å²) >= 11 is 7.07. The fourth-order valence-electron chi connectivity index (χ4n) is 1.78. The SMILES string of the molecule is CC1CN(C(=O)c2ccc(Cl)s2)CCC1=O. The van der Waals surface area contributed by atoms with E-state index >= 15 is 0 Å². The number of rotatable bonds is 1. The Balaban J connectivity index is 2.08. The molecule has 2 heterocycles. The molecule has 1 fully saturated rings. The van der Waals surface area contributed by atoms with Gasteiger partial charge in [0.2, 0.25) is 0 Å². The molecule has 16 heavy (non-hydrogen) atoms. The molecule has 5 heteroatoms. The topological polar surface area (TPSA) is 37.4 Å². The van der Waals surface area contributed by atoms with Gasteiger partial charge in [-0.15, -0.1) is 11.3 Å². The monoisotopic (exact) mass is 257 g/mol. The predicted octanol–water partition coefficient (Wildman–Crippen LogP) is 2.45. The number of Topliss-reactive ketones (excluding diaryl/α,β-unsaturated/α-hetero) is 1. The van der Waals surface area contributed by atoms with Crippen molar-refractivity contribution in [1.82, 2.24) is 4.90 Å². The van der Waals surface area contributed by atoms with Crippen LogP contribution in [-0.2, 0) is 4.79 Å². The van der Waals surface area contributed by atoms with E-state index in [0.717, 1.165) is 0 Å². The van der Waals surface area contributed by atoms with Crippen molar-refractivity contribution in [3.63, 3.8) is 0 Å². The molecule has 1 aromatic heterocycles. The second kappa shape index (κ2) is 4.55. The number of amides is 1. The zero-order chi connectivity index (χ0) is 11.7. The van der Waals surface area contributed by atoms with Gasteiger partial charge in [-0.25, -0.2) is 0 Å². The number of ketones is 1. The van der Waals surface area contributed by atoms with Gasteiger partial charge in [-0.05, 0) is 12.1 Å². The van der Waals surface area contributed by atoms with E-state index in [-0.39, 0.29) is 17.6 Å². The van der Waals surface area contributed by atoms with Crippen molar-refractivity contribution in [2.75, 3.05) is 13.1 Å². The van der Waals surface area contributed by atoms with E-state index < -0.39 is 0 Å². The maximum atomic E-state index is 12.0. The molecule has 1 saturated heterocycles. The van der Waals surface area contributed by atoms with Gasteiger partial charge in [0, 0.05) is 25.4 Å². The van der Waals surface area contributed by atoms with Crippen LogP contribution in [0.2, 0.25) is 4.34 Å². The number of carbonyl (C=O) groups excluding carboxylic acids is 2. The Kier molecular flexibility index (Phi) is 3.30. The van der Waals surface area contributed by atoms with Gasteiger partial charge in [0.1, 0.15) is 5.78 Å². The Labute approximate surface area is 103 Å². The third kappa shape index (κ3) is 2.28. The highest BCUT2D eigenvalue weighted by Gasteiger charge is 2.27. The maximum Gasteiger partial charge on any atom is 0.264 e. The van der Waals surface area contributed by atoms with Crippen LogP contribution in [0.5, 0.6) is 0 Å². The summed E-state index contributed by atoms with van der Waals surface area (Å²) in [7, 11) is 0. The number of likely N-dealkylation sites (tertiary alicyclic amines) is 1. The highest BCUT2D eigenvalue weighted by Crippen LogP contribution is 2.24. The maximum absolute atomic E-state index is 12.0. The first-order chi connectivity index (χ1) is 7.58. The molecule has 3 nitrogen and oxygen atoms in total. The van der Waals surface area contributed by atoms with E-state index in [1.165, 1.54) is 11.3 Å². The van der Waals surface area contributed by atoms with Crippen molar-refractivity contribution in [3.05, 3.63) is 21.3 Å². The van der Waals surface area contributed by atoms with E-state index in [9.17, 15) is 9.59 Å². The smallest absolute Gasteiger partial charge is 0.264 e. The van der Waals surface area contributed by atoms with E-state index in [4.69, 9.17) is 11.6 Å². The van der Waals surface area contributed by atoms with Crippen LogP contribution in [-0.4, -0.2) is 29.7 Å². The van der Waals surface area contributed by atoms with Gasteiger partial charge in [0.05, 0.1) is 9.21 Å². The second-order valence-electron chi connectivity index (χ2n) is 3.97. The summed E-state index contributed by atoms with van der Waals surface area (Å²) in [6, 6.07) is 3.45. The van der Waals surface area contributed by atoms with E-state index in [1.807, 2.05) is 6.92 Å². The standard InChI is InChI=1S/C11H12ClNO2S/c1-7-6-13(5-4-8(7)14)11(15)9-2-3-10(12)16-9/h2-3,7H,4-6H2,1H3. The lowest BCUT2D eigenvalue weighted by Crippen LogP contribution is -2.42. The Morgan fingerprint density at radius 1 is 1.56 bits per heavy atom. The number of carbonyl (C=O) groups is 2. The lowest BCUT2D eigenvalue weighted by molar-refractivity contribution is -0.124. The Bertz CT molecular complexity index is 429. The molecule has 86 valence electrons. The van der Waals surface area contributed by atoms with Gasteiger partial charge in [0.25, 0.3) is 5.91 Å². The Hall–Kier alpha value is -0.870. The molecule has 1 aromatic rings. The zero-order valence-electron chi connectivity index (χ0n) is 8.90. The van der Waals surface area contributed by atoms with Gasteiger partial charge >= 0.3 is 0 Å². The number of halogens is 1. The first kappa shape index (κ1) is 11.6. The highest BCUT2D eigenvalue weighted by molar-refractivity contribution is 7.17. The van der Waals surface area contributed by atoms with Crippen LogP contribution in [0.15, 0.2) is 12.1 Å². The van der Waals surface area contributed by atoms with Crippen LogP contribution in [0.25, 0.3) is 0 Å². The van der Waals surface area contributed by atoms with Crippen LogP contribution in [0.3, 0.4) is 0 Å². The summed E-state index contributed by atoms with van der Waals surface area (Å²) < 4.78 is 0.615. The molecule has 0 aliphatic carbocycles. The third-order valence-electron chi connectivity index (χ3n) is 2.74. The van der Waals surface area contributed by atoms with Gasteiger partial charge in [-0.2, -0.15) is 0 Å². The first-order valence-electron chi connectivity index (χ1n) is 5.15. The fourth-order valence-corrected chi connectivity index (χ4v) is 2.80. The van der Waals surface area contributed by atoms with E-state index in [0.29, 0.717) is 28.7 Å². The zero-order valence-corrected chi connectivity index (χ0v) is 10.5. The van der Waals surface area contributed by atoms with Crippen LogP contribution in [0.1, 0.15) is 23.0 Å². The molecule has 0 N–H and O–H groups in total. The summed E-state index contributed by atoms with van der Waals surface area (Å²) in [5.41, 5.74) is 0. The number of hydrogen-bond donors (Lipinski definition) is 0. The molecule has 1 amide bonds. The van der Waals surface area contributed by atoms with Gasteiger partial charge in [-0.1, -0.05) is 18.5 Å². The molecule has 0 saturated carbocycles. The van der Waals surface area contributed by atoms with Crippen molar-refractivity contribution in [3.8, 4) is 0 Å². The van der Waals surface area contributed by atoms with Gasteiger partial charge in [0.15, 0.2) is 0 Å². The minimum Gasteiger partial charge on any atom is -0.337 e. The van der Waals surface area contributed by atoms with Gasteiger partial charge < -0.3 is 4.90 Å². The predicted molar refractivity (Wildman–Crippen MR) is 64.0 cm³/mol. The van der Waals surface area contributed by atoms with Crippen molar-refractivity contribution in [1.29, 1.82) is 0 Å². The lowest BCUT2D eigenvalue weighted by atomic mass is 9.98. The fraction of sp³-hybridized carbons (Fsp3) is 0.455. The van der Waals surface area contributed by atoms with Crippen molar-refractivity contribution in [2.24, 2.45) is 5.92 Å². The number of piperidine rings is 1. The minimum atomic E-state index is -0.0480. The normalized spacial score (nSPS) is 21.2. The highest BCUT2D eigenvalue weighted by atomic mass is 35.5. The number of nitrogens with zero attached hydrogens (tertiary/aromatic N) is 1. The van der Waals surface area contributed by atoms with Crippen molar-refractivity contribution in [2.45, 2.75) is 13.3 Å². The molecule has 1 atom stereocenters. The van der Waals surface area contributed by atoms with Crippen LogP contribution < -0.4 is 0 Å². The summed E-state index contributed by atoms with van der Waals surface area (Å²) in [6.45, 7) is 2.91. The van der Waals surface area contributed by atoms with E-state index in [1.54, 1.807) is 17.0 Å². The lowest BCUT2D eigenvalue weighted by Gasteiger charge is -2.29. The van der Waals surface area contributed by atoms with Crippen LogP contribution in [0, 0.1) is 5.92 Å². The van der Waals surface area contributed by atoms with Crippen LogP contribution in [0.4, 0.5) is 0 Å². The molecule has 0 bridgehead atoms. The summed E-state index contributed by atoms with van der Waals surface area (Å²) in [5, 5.41) is 0.